The number of hydrogen-bond acceptors (Lipinski definition) is 3. The highest BCUT2D eigenvalue weighted by Gasteiger charge is 2.23. The number of furan rings is 1. The number of aromatic nitrogens is 1. The van der Waals surface area contributed by atoms with Gasteiger partial charge in [0.05, 0.1) is 6.54 Å². The summed E-state index contributed by atoms with van der Waals surface area (Å²) in [7, 11) is 0. The molecule has 4 nitrogen and oxygen atoms in total. The van der Waals surface area contributed by atoms with E-state index in [1.165, 1.54) is 0 Å². The number of nitrogens with zero attached hydrogens (tertiary/aromatic N) is 3. The molecule has 0 N–H and O–H groups in total. The van der Waals surface area contributed by atoms with Crippen molar-refractivity contribution in [3.8, 4) is 40.9 Å². The summed E-state index contributed by atoms with van der Waals surface area (Å²) in [5.74, 6) is 3.64. The molecule has 34 heavy (non-hydrogen) atoms. The third-order valence-electron chi connectivity index (χ3n) is 5.94. The monoisotopic (exact) mass is 439 g/mol. The van der Waals surface area contributed by atoms with Gasteiger partial charge in [0.25, 0.3) is 0 Å². The first kappa shape index (κ1) is 21.1. The maximum Gasteiger partial charge on any atom is 0.238 e. The number of fused-ring (bicyclic) bond motifs is 1. The van der Waals surface area contributed by atoms with Crippen LogP contribution in [0.3, 0.4) is 0 Å². The Morgan fingerprint density at radius 3 is 2.26 bits per heavy atom. The van der Waals surface area contributed by atoms with Gasteiger partial charge in [-0.1, -0.05) is 84.8 Å². The standard InChI is InChI=1S/C30H21N3O/c1-3-18-33-21(2)26(24-16-10-11-17-27(24)33)20-32-30-25(19-31)28(22-12-6-4-7-13-22)29(34-30)23-14-8-5-9-15-23/h1,4-17,20H,18H2,2H3/b32-20+. The number of rotatable bonds is 5. The van der Waals surface area contributed by atoms with Gasteiger partial charge in [-0.25, -0.2) is 4.99 Å². The Bertz CT molecular complexity index is 1590. The predicted octanol–water partition coefficient (Wildman–Crippen LogP) is 7.13. The van der Waals surface area contributed by atoms with Crippen LogP contribution in [0.15, 0.2) is 94.3 Å². The van der Waals surface area contributed by atoms with Crippen LogP contribution in [-0.2, 0) is 6.54 Å². The topological polar surface area (TPSA) is 54.2 Å². The first-order chi connectivity index (χ1) is 16.7. The van der Waals surface area contributed by atoms with Crippen molar-refractivity contribution < 1.29 is 4.42 Å². The molecule has 0 saturated heterocycles. The molecule has 0 spiro atoms. The normalized spacial score (nSPS) is 11.0. The molecule has 0 saturated carbocycles. The molecule has 0 aliphatic carbocycles. The van der Waals surface area contributed by atoms with Crippen LogP contribution in [0.4, 0.5) is 5.88 Å². The lowest BCUT2D eigenvalue weighted by atomic mass is 9.98. The summed E-state index contributed by atoms with van der Waals surface area (Å²) >= 11 is 0. The second kappa shape index (κ2) is 8.98. The number of para-hydroxylation sites is 1. The molecule has 5 rings (SSSR count). The van der Waals surface area contributed by atoms with E-state index in [-0.39, 0.29) is 5.88 Å². The van der Waals surface area contributed by atoms with Crippen molar-refractivity contribution in [3.63, 3.8) is 0 Å². The van der Waals surface area contributed by atoms with Crippen molar-refractivity contribution >= 4 is 23.0 Å². The molecule has 3 aromatic carbocycles. The van der Waals surface area contributed by atoms with Crippen LogP contribution in [0.1, 0.15) is 16.8 Å². The predicted molar refractivity (Wildman–Crippen MR) is 137 cm³/mol. The third-order valence-corrected chi connectivity index (χ3v) is 5.94. The van der Waals surface area contributed by atoms with Crippen LogP contribution in [0, 0.1) is 30.6 Å². The Balaban J connectivity index is 1.70. The second-order valence-electron chi connectivity index (χ2n) is 7.89. The zero-order chi connectivity index (χ0) is 23.5. The summed E-state index contributed by atoms with van der Waals surface area (Å²) in [6.07, 6.45) is 7.38. The van der Waals surface area contributed by atoms with E-state index < -0.39 is 0 Å². The summed E-state index contributed by atoms with van der Waals surface area (Å²) < 4.78 is 8.34. The quantitative estimate of drug-likeness (QED) is 0.216. The Morgan fingerprint density at radius 2 is 1.59 bits per heavy atom. The number of aliphatic imine (C=N–C) groups is 1. The summed E-state index contributed by atoms with van der Waals surface area (Å²) in [4.78, 5) is 4.68. The molecule has 4 heteroatoms. The van der Waals surface area contributed by atoms with Crippen molar-refractivity contribution in [1.29, 1.82) is 5.26 Å². The molecule has 0 atom stereocenters. The van der Waals surface area contributed by atoms with Gasteiger partial charge in [-0.05, 0) is 18.6 Å². The van der Waals surface area contributed by atoms with Gasteiger partial charge >= 0.3 is 0 Å². The highest BCUT2D eigenvalue weighted by atomic mass is 16.4. The molecule has 0 amide bonds. The fourth-order valence-electron chi connectivity index (χ4n) is 4.33. The maximum atomic E-state index is 10.1. The first-order valence-corrected chi connectivity index (χ1v) is 11.0. The van der Waals surface area contributed by atoms with Gasteiger partial charge in [-0.2, -0.15) is 5.26 Å². The number of hydrogen-bond donors (Lipinski definition) is 0. The fourth-order valence-corrected chi connectivity index (χ4v) is 4.33. The van der Waals surface area contributed by atoms with E-state index in [2.05, 4.69) is 27.6 Å². The lowest BCUT2D eigenvalue weighted by Crippen LogP contribution is -1.98. The average Bonchev–Trinajstić information content (AvgIpc) is 3.39. The molecule has 2 heterocycles. The van der Waals surface area contributed by atoms with Gasteiger partial charge in [0.2, 0.25) is 5.88 Å². The smallest absolute Gasteiger partial charge is 0.238 e. The van der Waals surface area contributed by atoms with Crippen molar-refractivity contribution in [2.45, 2.75) is 13.5 Å². The minimum atomic E-state index is 0.286. The minimum Gasteiger partial charge on any atom is -0.436 e. The number of terminal acetylenes is 1. The van der Waals surface area contributed by atoms with Crippen molar-refractivity contribution in [2.24, 2.45) is 4.99 Å². The SMILES string of the molecule is C#CCn1c(C)c(/C=N/c2oc(-c3ccccc3)c(-c3ccccc3)c2C#N)c2ccccc21. The van der Waals surface area contributed by atoms with Gasteiger partial charge in [0.1, 0.15) is 17.4 Å². The highest BCUT2D eigenvalue weighted by molar-refractivity contribution is 6.02. The zero-order valence-electron chi connectivity index (χ0n) is 18.7. The van der Waals surface area contributed by atoms with E-state index in [1.54, 1.807) is 6.21 Å². The lowest BCUT2D eigenvalue weighted by molar-refractivity contribution is 0.593. The molecule has 0 radical (unpaired) electrons. The highest BCUT2D eigenvalue weighted by Crippen LogP contribution is 2.42. The molecule has 0 aliphatic heterocycles. The molecule has 162 valence electrons. The number of benzene rings is 3. The molecule has 2 aromatic heterocycles. The van der Waals surface area contributed by atoms with Gasteiger partial charge in [0.15, 0.2) is 0 Å². The van der Waals surface area contributed by atoms with E-state index in [4.69, 9.17) is 10.8 Å². The van der Waals surface area contributed by atoms with Gasteiger partial charge in [-0.3, -0.25) is 0 Å². The van der Waals surface area contributed by atoms with Gasteiger partial charge in [0, 0.05) is 39.5 Å². The molecule has 5 aromatic rings. The summed E-state index contributed by atoms with van der Waals surface area (Å²) in [6.45, 7) is 2.50. The van der Waals surface area contributed by atoms with Crippen molar-refractivity contribution in [2.75, 3.05) is 0 Å². The summed E-state index contributed by atoms with van der Waals surface area (Å²) in [6, 6.07) is 30.0. The van der Waals surface area contributed by atoms with Crippen LogP contribution in [0.5, 0.6) is 0 Å². The lowest BCUT2D eigenvalue weighted by Gasteiger charge is -2.03. The largest absolute Gasteiger partial charge is 0.436 e. The van der Waals surface area contributed by atoms with Crippen LogP contribution in [0.25, 0.3) is 33.4 Å². The van der Waals surface area contributed by atoms with E-state index in [0.717, 1.165) is 38.9 Å². The van der Waals surface area contributed by atoms with Crippen LogP contribution >= 0.6 is 0 Å². The summed E-state index contributed by atoms with van der Waals surface area (Å²) in [5, 5.41) is 11.2. The molecule has 0 aliphatic rings. The van der Waals surface area contributed by atoms with E-state index >= 15 is 0 Å². The Kier molecular flexibility index (Phi) is 5.56. The van der Waals surface area contributed by atoms with Crippen molar-refractivity contribution in [1.82, 2.24) is 4.57 Å². The molecular formula is C30H21N3O. The molecule has 0 bridgehead atoms. The van der Waals surface area contributed by atoms with Crippen molar-refractivity contribution in [3.05, 3.63) is 102 Å². The Hall–Kier alpha value is -4.80. The molecule has 0 fully saturated rings. The van der Waals surface area contributed by atoms with E-state index in [0.29, 0.717) is 17.9 Å². The second-order valence-corrected chi connectivity index (χ2v) is 7.89. The Labute approximate surface area is 198 Å². The van der Waals surface area contributed by atoms with Crippen LogP contribution in [0.2, 0.25) is 0 Å². The minimum absolute atomic E-state index is 0.286. The van der Waals surface area contributed by atoms with Gasteiger partial charge < -0.3 is 8.98 Å². The number of nitriles is 1. The van der Waals surface area contributed by atoms with E-state index in [9.17, 15) is 5.26 Å². The van der Waals surface area contributed by atoms with Crippen LogP contribution < -0.4 is 0 Å². The maximum absolute atomic E-state index is 10.1. The average molecular weight is 440 g/mol. The zero-order valence-corrected chi connectivity index (χ0v) is 18.7. The third kappa shape index (κ3) is 3.58. The molecule has 0 unspecified atom stereocenters. The fraction of sp³-hybridized carbons (Fsp3) is 0.0667. The Morgan fingerprint density at radius 1 is 0.941 bits per heavy atom. The van der Waals surface area contributed by atoms with Gasteiger partial charge in [-0.15, -0.1) is 6.42 Å². The van der Waals surface area contributed by atoms with Crippen LogP contribution in [-0.4, -0.2) is 10.8 Å². The van der Waals surface area contributed by atoms with E-state index in [1.807, 2.05) is 85.8 Å². The molecular weight excluding hydrogens is 418 g/mol. The first-order valence-electron chi connectivity index (χ1n) is 11.0. The summed E-state index contributed by atoms with van der Waals surface area (Å²) in [5.41, 5.74) is 5.97.